The molecule has 7 heteroatoms. The first kappa shape index (κ1) is 19.4. The number of carbonyl (C=O) groups is 1. The van der Waals surface area contributed by atoms with Crippen LogP contribution in [0.25, 0.3) is 0 Å². The van der Waals surface area contributed by atoms with Crippen LogP contribution in [-0.4, -0.2) is 38.7 Å². The molecule has 7 nitrogen and oxygen atoms in total. The van der Waals surface area contributed by atoms with Crippen LogP contribution >= 0.6 is 0 Å². The molecule has 1 aliphatic rings. The highest BCUT2D eigenvalue weighted by atomic mass is 16.3. The molecule has 3 aromatic rings. The largest absolute Gasteiger partial charge is 0.467 e. The molecule has 1 atom stereocenters. The number of aryl methyl sites for hydroxylation is 1. The van der Waals surface area contributed by atoms with Crippen molar-refractivity contribution in [3.05, 3.63) is 71.2 Å². The third kappa shape index (κ3) is 4.24. The molecule has 0 saturated carbocycles. The van der Waals surface area contributed by atoms with Crippen molar-refractivity contribution in [1.29, 1.82) is 0 Å². The van der Waals surface area contributed by atoms with E-state index < -0.39 is 0 Å². The zero-order valence-corrected chi connectivity index (χ0v) is 17.0. The minimum absolute atomic E-state index is 0.0559. The lowest BCUT2D eigenvalue weighted by Crippen LogP contribution is -2.35. The van der Waals surface area contributed by atoms with Crippen molar-refractivity contribution in [3.8, 4) is 0 Å². The molecule has 29 heavy (non-hydrogen) atoms. The number of nitrogens with one attached hydrogen (secondary N) is 1. The molecule has 3 heterocycles. The summed E-state index contributed by atoms with van der Waals surface area (Å²) >= 11 is 0. The lowest BCUT2D eigenvalue weighted by Gasteiger charge is -2.25. The predicted molar refractivity (Wildman–Crippen MR) is 109 cm³/mol. The highest BCUT2D eigenvalue weighted by molar-refractivity contribution is 5.94. The minimum atomic E-state index is -0.0559. The van der Waals surface area contributed by atoms with E-state index in [1.165, 1.54) is 11.3 Å². The SMILES string of the molecule is CCn1nc(C(=O)N(C)Cc2ccco2)c2c1CCC(NCc1ccncc1)C2. The highest BCUT2D eigenvalue weighted by Crippen LogP contribution is 2.26. The average Bonchev–Trinajstić information content (AvgIpc) is 3.39. The van der Waals surface area contributed by atoms with Gasteiger partial charge in [0.1, 0.15) is 5.76 Å². The molecule has 1 aliphatic carbocycles. The molecule has 0 bridgehead atoms. The van der Waals surface area contributed by atoms with Gasteiger partial charge in [-0.15, -0.1) is 0 Å². The van der Waals surface area contributed by atoms with Gasteiger partial charge in [0.05, 0.1) is 12.8 Å². The summed E-state index contributed by atoms with van der Waals surface area (Å²) in [6.45, 7) is 4.07. The maximum atomic E-state index is 13.1. The number of hydrogen-bond donors (Lipinski definition) is 1. The molecule has 0 aromatic carbocycles. The molecule has 0 spiro atoms. The fourth-order valence-electron chi connectivity index (χ4n) is 3.95. The van der Waals surface area contributed by atoms with Crippen LogP contribution in [0.15, 0.2) is 47.3 Å². The molecule has 1 N–H and O–H groups in total. The van der Waals surface area contributed by atoms with Gasteiger partial charge in [-0.2, -0.15) is 5.10 Å². The molecule has 0 radical (unpaired) electrons. The normalized spacial score (nSPS) is 15.9. The smallest absolute Gasteiger partial charge is 0.274 e. The van der Waals surface area contributed by atoms with Crippen LogP contribution in [0.3, 0.4) is 0 Å². The summed E-state index contributed by atoms with van der Waals surface area (Å²) in [6.07, 6.45) is 8.04. The molecule has 1 unspecified atom stereocenters. The average molecular weight is 393 g/mol. The van der Waals surface area contributed by atoms with Gasteiger partial charge in [-0.1, -0.05) is 0 Å². The summed E-state index contributed by atoms with van der Waals surface area (Å²) in [6, 6.07) is 8.08. The Labute approximate surface area is 170 Å². The number of fused-ring (bicyclic) bond motifs is 1. The maximum absolute atomic E-state index is 13.1. The quantitative estimate of drug-likeness (QED) is 0.668. The number of amides is 1. The fourth-order valence-corrected chi connectivity index (χ4v) is 3.95. The van der Waals surface area contributed by atoms with E-state index in [-0.39, 0.29) is 5.91 Å². The Kier molecular flexibility index (Phi) is 5.76. The standard InChI is InChI=1S/C22H27N5O2/c1-3-27-20-7-6-17(24-14-16-8-10-23-11-9-16)13-19(20)21(25-27)22(28)26(2)15-18-5-4-12-29-18/h4-5,8-12,17,24H,3,6-7,13-15H2,1-2H3. The first-order chi connectivity index (χ1) is 14.2. The molecular weight excluding hydrogens is 366 g/mol. The number of furan rings is 1. The second-order valence-electron chi connectivity index (χ2n) is 7.51. The highest BCUT2D eigenvalue weighted by Gasteiger charge is 2.30. The van der Waals surface area contributed by atoms with Gasteiger partial charge >= 0.3 is 0 Å². The Bertz CT molecular complexity index is 949. The zero-order chi connectivity index (χ0) is 20.2. The molecule has 0 aliphatic heterocycles. The number of pyridine rings is 1. The number of hydrogen-bond acceptors (Lipinski definition) is 5. The fraction of sp³-hybridized carbons (Fsp3) is 0.409. The maximum Gasteiger partial charge on any atom is 0.274 e. The molecule has 0 fully saturated rings. The zero-order valence-electron chi connectivity index (χ0n) is 17.0. The Balaban J connectivity index is 1.49. The van der Waals surface area contributed by atoms with Gasteiger partial charge in [-0.3, -0.25) is 14.5 Å². The van der Waals surface area contributed by atoms with E-state index in [0.29, 0.717) is 18.3 Å². The molecule has 3 aromatic heterocycles. The Morgan fingerprint density at radius 2 is 2.17 bits per heavy atom. The van der Waals surface area contributed by atoms with Gasteiger partial charge in [0.25, 0.3) is 5.91 Å². The van der Waals surface area contributed by atoms with Crippen molar-refractivity contribution in [2.24, 2.45) is 0 Å². The van der Waals surface area contributed by atoms with E-state index in [1.54, 1.807) is 18.2 Å². The summed E-state index contributed by atoms with van der Waals surface area (Å²) in [4.78, 5) is 18.9. The Hall–Kier alpha value is -2.93. The van der Waals surface area contributed by atoms with Crippen molar-refractivity contribution in [2.75, 3.05) is 7.05 Å². The van der Waals surface area contributed by atoms with Gasteiger partial charge < -0.3 is 14.6 Å². The van der Waals surface area contributed by atoms with E-state index >= 15 is 0 Å². The van der Waals surface area contributed by atoms with E-state index in [2.05, 4.69) is 22.3 Å². The summed E-state index contributed by atoms with van der Waals surface area (Å²) < 4.78 is 7.37. The molecule has 152 valence electrons. The minimum Gasteiger partial charge on any atom is -0.467 e. The Morgan fingerprint density at radius 3 is 2.90 bits per heavy atom. The van der Waals surface area contributed by atoms with Crippen molar-refractivity contribution < 1.29 is 9.21 Å². The lowest BCUT2D eigenvalue weighted by atomic mass is 9.91. The van der Waals surface area contributed by atoms with Crippen LogP contribution in [0.5, 0.6) is 0 Å². The van der Waals surface area contributed by atoms with Crippen molar-refractivity contribution in [1.82, 2.24) is 25.0 Å². The van der Waals surface area contributed by atoms with Gasteiger partial charge in [-0.25, -0.2) is 0 Å². The number of rotatable bonds is 7. The molecule has 1 amide bonds. The topological polar surface area (TPSA) is 76.2 Å². The van der Waals surface area contributed by atoms with Crippen LogP contribution < -0.4 is 5.32 Å². The van der Waals surface area contributed by atoms with E-state index in [1.807, 2.05) is 41.3 Å². The van der Waals surface area contributed by atoms with Crippen LogP contribution in [0.1, 0.15) is 46.4 Å². The van der Waals surface area contributed by atoms with Crippen LogP contribution in [0.2, 0.25) is 0 Å². The van der Waals surface area contributed by atoms with E-state index in [0.717, 1.165) is 43.7 Å². The van der Waals surface area contributed by atoms with E-state index in [4.69, 9.17) is 4.42 Å². The molecular formula is C22H27N5O2. The van der Waals surface area contributed by atoms with Crippen LogP contribution in [0, 0.1) is 0 Å². The second kappa shape index (κ2) is 8.61. The number of carbonyl (C=O) groups excluding carboxylic acids is 1. The first-order valence-corrected chi connectivity index (χ1v) is 10.1. The van der Waals surface area contributed by atoms with Gasteiger partial charge in [-0.05, 0) is 56.0 Å². The Morgan fingerprint density at radius 1 is 1.34 bits per heavy atom. The summed E-state index contributed by atoms with van der Waals surface area (Å²) in [5.74, 6) is 0.709. The lowest BCUT2D eigenvalue weighted by molar-refractivity contribution is 0.0767. The number of aromatic nitrogens is 3. The van der Waals surface area contributed by atoms with Crippen molar-refractivity contribution in [2.45, 2.75) is 51.9 Å². The predicted octanol–water partition coefficient (Wildman–Crippen LogP) is 2.81. The monoisotopic (exact) mass is 393 g/mol. The molecule has 4 rings (SSSR count). The summed E-state index contributed by atoms with van der Waals surface area (Å²) in [5.41, 5.74) is 4.07. The van der Waals surface area contributed by atoms with Crippen LogP contribution in [-0.2, 0) is 32.5 Å². The van der Waals surface area contributed by atoms with Gasteiger partial charge in [0.2, 0.25) is 0 Å². The van der Waals surface area contributed by atoms with Gasteiger partial charge in [0.15, 0.2) is 5.69 Å². The van der Waals surface area contributed by atoms with Crippen molar-refractivity contribution in [3.63, 3.8) is 0 Å². The third-order valence-electron chi connectivity index (χ3n) is 5.51. The summed E-state index contributed by atoms with van der Waals surface area (Å²) in [5, 5.41) is 8.31. The second-order valence-corrected chi connectivity index (χ2v) is 7.51. The first-order valence-electron chi connectivity index (χ1n) is 10.1. The van der Waals surface area contributed by atoms with Gasteiger partial charge in [0, 0.05) is 49.8 Å². The summed E-state index contributed by atoms with van der Waals surface area (Å²) in [7, 11) is 1.80. The van der Waals surface area contributed by atoms with Crippen molar-refractivity contribution >= 4 is 5.91 Å². The number of nitrogens with zero attached hydrogens (tertiary/aromatic N) is 4. The van der Waals surface area contributed by atoms with Crippen LogP contribution in [0.4, 0.5) is 0 Å². The van der Waals surface area contributed by atoms with E-state index in [9.17, 15) is 4.79 Å². The molecule has 0 saturated heterocycles. The third-order valence-corrected chi connectivity index (χ3v) is 5.51.